The Morgan fingerprint density at radius 3 is 2.08 bits per heavy atom. The van der Waals surface area contributed by atoms with E-state index in [0.717, 1.165) is 32.0 Å². The molecule has 0 aromatic rings. The minimum Gasteiger partial charge on any atom is -0.396 e. The van der Waals surface area contributed by atoms with Crippen molar-refractivity contribution in [2.75, 3.05) is 46.5 Å². The molecule has 1 saturated heterocycles. The number of ether oxygens (including phenoxy) is 2. The van der Waals surface area contributed by atoms with Crippen LogP contribution in [0, 0.1) is 0 Å². The maximum Gasteiger partial charge on any atom is 0.197 e. The summed E-state index contributed by atoms with van der Waals surface area (Å²) in [4.78, 5) is 9.38. The molecule has 0 saturated carbocycles. The highest BCUT2D eigenvalue weighted by molar-refractivity contribution is 5.82. The van der Waals surface area contributed by atoms with Crippen LogP contribution in [0.4, 0.5) is 0 Å². The van der Waals surface area contributed by atoms with Gasteiger partial charge in [0.1, 0.15) is 0 Å². The molecule has 154 valence electrons. The zero-order chi connectivity index (χ0) is 20.0. The van der Waals surface area contributed by atoms with Gasteiger partial charge in [-0.15, -0.1) is 0 Å². The second-order valence-electron chi connectivity index (χ2n) is 9.43. The van der Waals surface area contributed by atoms with Crippen LogP contribution in [0.15, 0.2) is 4.99 Å². The van der Waals surface area contributed by atoms with Gasteiger partial charge in [0.2, 0.25) is 0 Å². The van der Waals surface area contributed by atoms with Crippen LogP contribution in [-0.2, 0) is 9.47 Å². The van der Waals surface area contributed by atoms with E-state index in [0.29, 0.717) is 19.6 Å². The third kappa shape index (κ3) is 8.69. The Kier molecular flexibility index (Phi) is 8.36. The molecule has 1 heterocycles. The third-order valence-corrected chi connectivity index (χ3v) is 4.53. The summed E-state index contributed by atoms with van der Waals surface area (Å²) in [7, 11) is 2.10. The summed E-state index contributed by atoms with van der Waals surface area (Å²) in [5.41, 5.74) is -0.601. The summed E-state index contributed by atoms with van der Waals surface area (Å²) < 4.78 is 12.0. The van der Waals surface area contributed by atoms with E-state index < -0.39 is 0 Å². The van der Waals surface area contributed by atoms with Crippen LogP contribution in [-0.4, -0.2) is 84.1 Å². The lowest BCUT2D eigenvalue weighted by Gasteiger charge is -2.30. The van der Waals surface area contributed by atoms with Gasteiger partial charge in [-0.1, -0.05) is 0 Å². The quantitative estimate of drug-likeness (QED) is 0.640. The summed E-state index contributed by atoms with van der Waals surface area (Å²) in [6.45, 7) is 18.9. The maximum atomic E-state index is 9.07. The molecule has 0 aromatic carbocycles. The molecule has 0 atom stereocenters. The van der Waals surface area contributed by atoms with Crippen molar-refractivity contribution in [3.8, 4) is 0 Å². The molecule has 1 aliphatic heterocycles. The normalized spacial score (nSPS) is 18.3. The first-order valence-corrected chi connectivity index (χ1v) is 9.80. The van der Waals surface area contributed by atoms with Crippen LogP contribution in [0.1, 0.15) is 61.3 Å². The van der Waals surface area contributed by atoms with Gasteiger partial charge in [-0.05, 0) is 61.3 Å². The lowest BCUT2D eigenvalue weighted by Crippen LogP contribution is -2.38. The van der Waals surface area contributed by atoms with Crippen molar-refractivity contribution in [1.82, 2.24) is 9.80 Å². The number of nitrogens with zero attached hydrogens (tertiary/aromatic N) is 3. The topological polar surface area (TPSA) is 57.5 Å². The number of aliphatic imine (C=N–C) groups is 1. The van der Waals surface area contributed by atoms with Gasteiger partial charge in [0, 0.05) is 33.3 Å². The van der Waals surface area contributed by atoms with Crippen molar-refractivity contribution in [3.05, 3.63) is 0 Å². The number of likely N-dealkylation sites (N-methyl/N-ethyl adjacent to an activating group) is 1. The van der Waals surface area contributed by atoms with Crippen molar-refractivity contribution in [2.45, 2.75) is 78.0 Å². The van der Waals surface area contributed by atoms with Gasteiger partial charge in [0.25, 0.3) is 0 Å². The van der Waals surface area contributed by atoms with Crippen LogP contribution in [0.2, 0.25) is 0 Å². The maximum absolute atomic E-state index is 9.07. The monoisotopic (exact) mass is 371 g/mol. The number of hydrogen-bond donors (Lipinski definition) is 1. The van der Waals surface area contributed by atoms with Crippen molar-refractivity contribution in [3.63, 3.8) is 0 Å². The molecule has 0 unspecified atom stereocenters. The average molecular weight is 372 g/mol. The molecule has 1 N–H and O–H groups in total. The molecule has 0 aromatic heterocycles. The van der Waals surface area contributed by atoms with Gasteiger partial charge < -0.3 is 24.4 Å². The fourth-order valence-corrected chi connectivity index (χ4v) is 2.80. The lowest BCUT2D eigenvalue weighted by molar-refractivity contribution is -0.0785. The first-order chi connectivity index (χ1) is 11.9. The van der Waals surface area contributed by atoms with Crippen LogP contribution < -0.4 is 0 Å². The zero-order valence-corrected chi connectivity index (χ0v) is 18.3. The highest BCUT2D eigenvalue weighted by Gasteiger charge is 2.27. The SMILES string of the molecule is CN1CCN(CCOC(C)(C)CCOC(C)(C)CCO)C1=NC(C)(C)C. The smallest absolute Gasteiger partial charge is 0.197 e. The first-order valence-electron chi connectivity index (χ1n) is 9.80. The molecule has 0 spiro atoms. The van der Waals surface area contributed by atoms with Gasteiger partial charge in [-0.25, -0.2) is 4.99 Å². The van der Waals surface area contributed by atoms with E-state index in [4.69, 9.17) is 19.6 Å². The van der Waals surface area contributed by atoms with Gasteiger partial charge in [-0.3, -0.25) is 0 Å². The fourth-order valence-electron chi connectivity index (χ4n) is 2.80. The van der Waals surface area contributed by atoms with Crippen molar-refractivity contribution in [2.24, 2.45) is 4.99 Å². The van der Waals surface area contributed by atoms with E-state index in [1.807, 2.05) is 13.8 Å². The average Bonchev–Trinajstić information content (AvgIpc) is 2.77. The lowest BCUT2D eigenvalue weighted by atomic mass is 10.0. The van der Waals surface area contributed by atoms with Gasteiger partial charge >= 0.3 is 0 Å². The van der Waals surface area contributed by atoms with Crippen LogP contribution >= 0.6 is 0 Å². The highest BCUT2D eigenvalue weighted by atomic mass is 16.5. The van der Waals surface area contributed by atoms with Crippen LogP contribution in [0.25, 0.3) is 0 Å². The van der Waals surface area contributed by atoms with E-state index in [2.05, 4.69) is 51.5 Å². The predicted octanol–water partition coefficient (Wildman–Crippen LogP) is 2.75. The standard InChI is InChI=1S/C20H41N3O3/c1-18(2,3)21-17-22(8)11-12-23(17)13-16-26-20(6,7)10-15-25-19(4,5)9-14-24/h24H,9-16H2,1-8H3. The molecule has 26 heavy (non-hydrogen) atoms. The Balaban J connectivity index is 2.42. The molecule has 1 rings (SSSR count). The molecular formula is C20H41N3O3. The Morgan fingerprint density at radius 1 is 0.923 bits per heavy atom. The molecule has 1 aliphatic rings. The summed E-state index contributed by atoms with van der Waals surface area (Å²) in [6, 6.07) is 0. The Morgan fingerprint density at radius 2 is 1.50 bits per heavy atom. The predicted molar refractivity (Wildman–Crippen MR) is 108 cm³/mol. The first kappa shape index (κ1) is 23.2. The summed E-state index contributed by atoms with van der Waals surface area (Å²) in [6.07, 6.45) is 1.47. The minimum absolute atomic E-state index is 0.0784. The second kappa shape index (κ2) is 9.38. The number of rotatable bonds is 10. The van der Waals surface area contributed by atoms with Gasteiger partial charge in [0.05, 0.1) is 30.0 Å². The number of aliphatic hydroxyl groups is 1. The third-order valence-electron chi connectivity index (χ3n) is 4.53. The number of guanidine groups is 1. The second-order valence-corrected chi connectivity index (χ2v) is 9.43. The molecule has 0 aliphatic carbocycles. The number of hydrogen-bond acceptors (Lipinski definition) is 4. The Bertz CT molecular complexity index is 456. The highest BCUT2D eigenvalue weighted by Crippen LogP contribution is 2.20. The van der Waals surface area contributed by atoms with Gasteiger partial charge in [0.15, 0.2) is 5.96 Å². The van der Waals surface area contributed by atoms with Crippen LogP contribution in [0.5, 0.6) is 0 Å². The van der Waals surface area contributed by atoms with E-state index >= 15 is 0 Å². The molecule has 6 heteroatoms. The van der Waals surface area contributed by atoms with Gasteiger partial charge in [-0.2, -0.15) is 0 Å². The minimum atomic E-state index is -0.288. The Labute approximate surface area is 160 Å². The van der Waals surface area contributed by atoms with E-state index in [-0.39, 0.29) is 23.3 Å². The molecular weight excluding hydrogens is 330 g/mol. The summed E-state index contributed by atoms with van der Waals surface area (Å²) in [5.74, 6) is 1.06. The molecule has 0 bridgehead atoms. The zero-order valence-electron chi connectivity index (χ0n) is 18.3. The van der Waals surface area contributed by atoms with E-state index in [1.54, 1.807) is 0 Å². The summed E-state index contributed by atoms with van der Waals surface area (Å²) >= 11 is 0. The fraction of sp³-hybridized carbons (Fsp3) is 0.950. The molecule has 0 amide bonds. The molecule has 0 radical (unpaired) electrons. The molecule has 1 fully saturated rings. The van der Waals surface area contributed by atoms with Crippen molar-refractivity contribution < 1.29 is 14.6 Å². The largest absolute Gasteiger partial charge is 0.396 e. The summed E-state index contributed by atoms with van der Waals surface area (Å²) in [5, 5.41) is 9.07. The van der Waals surface area contributed by atoms with E-state index in [1.165, 1.54) is 0 Å². The Hall–Kier alpha value is -0.850. The van der Waals surface area contributed by atoms with E-state index in [9.17, 15) is 0 Å². The van der Waals surface area contributed by atoms with Crippen molar-refractivity contribution in [1.29, 1.82) is 0 Å². The number of aliphatic hydroxyl groups excluding tert-OH is 1. The van der Waals surface area contributed by atoms with Crippen molar-refractivity contribution >= 4 is 5.96 Å². The molecule has 6 nitrogen and oxygen atoms in total. The van der Waals surface area contributed by atoms with Crippen LogP contribution in [0.3, 0.4) is 0 Å².